The summed E-state index contributed by atoms with van der Waals surface area (Å²) in [5, 5.41) is 3.33. The Morgan fingerprint density at radius 1 is 1.40 bits per heavy atom. The fourth-order valence-electron chi connectivity index (χ4n) is 2.60. The van der Waals surface area contributed by atoms with Crippen LogP contribution >= 0.6 is 28.3 Å². The first kappa shape index (κ1) is 17.7. The Hall–Kier alpha value is -0.360. The molecule has 1 aliphatic heterocycles. The van der Waals surface area contributed by atoms with Crippen molar-refractivity contribution in [2.24, 2.45) is 0 Å². The van der Waals surface area contributed by atoms with Crippen LogP contribution < -0.4 is 10.1 Å². The lowest BCUT2D eigenvalue weighted by Crippen LogP contribution is -2.45. The van der Waals surface area contributed by atoms with E-state index in [1.165, 1.54) is 0 Å². The molecule has 1 heterocycles. The number of ether oxygens (including phenoxy) is 1. The van der Waals surface area contributed by atoms with Gasteiger partial charge in [0.25, 0.3) is 0 Å². The van der Waals surface area contributed by atoms with Crippen LogP contribution in [0.4, 0.5) is 4.39 Å². The van der Waals surface area contributed by atoms with Crippen molar-refractivity contribution >= 4 is 28.3 Å². The van der Waals surface area contributed by atoms with Gasteiger partial charge in [0.1, 0.15) is 5.75 Å². The van der Waals surface area contributed by atoms with Gasteiger partial charge < -0.3 is 10.1 Å². The van der Waals surface area contributed by atoms with Crippen LogP contribution in [0.2, 0.25) is 0 Å². The van der Waals surface area contributed by atoms with E-state index in [-0.39, 0.29) is 25.1 Å². The molecule has 0 aromatic heterocycles. The first-order valence-electron chi connectivity index (χ1n) is 6.60. The fraction of sp³-hybridized carbons (Fsp3) is 0.571. The number of benzene rings is 1. The molecule has 1 aromatic carbocycles. The van der Waals surface area contributed by atoms with Crippen molar-refractivity contribution in [2.45, 2.75) is 12.5 Å². The summed E-state index contributed by atoms with van der Waals surface area (Å²) in [6.45, 7) is 3.49. The summed E-state index contributed by atoms with van der Waals surface area (Å²) in [5.74, 6) is 0.834. The molecule has 3 nitrogen and oxygen atoms in total. The van der Waals surface area contributed by atoms with Crippen LogP contribution in [0.25, 0.3) is 0 Å². The number of hydrogen-bond acceptors (Lipinski definition) is 3. The number of rotatable bonds is 5. The minimum Gasteiger partial charge on any atom is -0.496 e. The molecule has 20 heavy (non-hydrogen) atoms. The second-order valence-corrected chi connectivity index (χ2v) is 5.58. The maximum atomic E-state index is 12.9. The van der Waals surface area contributed by atoms with Gasteiger partial charge in [-0.1, -0.05) is 15.9 Å². The molecule has 0 saturated carbocycles. The SMILES string of the molecule is COc1ccc(Br)cc1[C@H](CCF)N1CCNCC1.Cl. The van der Waals surface area contributed by atoms with Gasteiger partial charge in [0.2, 0.25) is 0 Å². The maximum Gasteiger partial charge on any atom is 0.123 e. The third kappa shape index (κ3) is 4.32. The van der Waals surface area contributed by atoms with Gasteiger partial charge in [-0.2, -0.15) is 0 Å². The van der Waals surface area contributed by atoms with E-state index in [2.05, 4.69) is 26.1 Å². The van der Waals surface area contributed by atoms with E-state index in [1.54, 1.807) is 7.11 Å². The van der Waals surface area contributed by atoms with Gasteiger partial charge >= 0.3 is 0 Å². The minimum atomic E-state index is -0.315. The number of alkyl halides is 1. The predicted molar refractivity (Wildman–Crippen MR) is 85.7 cm³/mol. The molecule has 6 heteroatoms. The van der Waals surface area contributed by atoms with Gasteiger partial charge in [0, 0.05) is 42.3 Å². The summed E-state index contributed by atoms with van der Waals surface area (Å²) in [7, 11) is 1.66. The van der Waals surface area contributed by atoms with Crippen LogP contribution in [0.3, 0.4) is 0 Å². The van der Waals surface area contributed by atoms with Crippen LogP contribution in [0.5, 0.6) is 5.75 Å². The molecule has 1 fully saturated rings. The van der Waals surface area contributed by atoms with E-state index in [0.29, 0.717) is 6.42 Å². The van der Waals surface area contributed by atoms with Gasteiger partial charge in [-0.15, -0.1) is 12.4 Å². The van der Waals surface area contributed by atoms with Crippen LogP contribution in [-0.4, -0.2) is 44.9 Å². The zero-order valence-electron chi connectivity index (χ0n) is 11.6. The van der Waals surface area contributed by atoms with Crippen LogP contribution in [0.1, 0.15) is 18.0 Å². The third-order valence-electron chi connectivity index (χ3n) is 3.53. The van der Waals surface area contributed by atoms with Gasteiger partial charge in [0.15, 0.2) is 0 Å². The van der Waals surface area contributed by atoms with E-state index in [0.717, 1.165) is 42.0 Å². The second-order valence-electron chi connectivity index (χ2n) is 4.67. The molecule has 0 bridgehead atoms. The first-order chi connectivity index (χ1) is 9.26. The molecule has 0 spiro atoms. The van der Waals surface area contributed by atoms with E-state index in [1.807, 2.05) is 18.2 Å². The first-order valence-corrected chi connectivity index (χ1v) is 7.39. The van der Waals surface area contributed by atoms with Gasteiger partial charge in [-0.05, 0) is 24.6 Å². The largest absolute Gasteiger partial charge is 0.496 e. The Morgan fingerprint density at radius 2 is 2.10 bits per heavy atom. The topological polar surface area (TPSA) is 24.5 Å². The monoisotopic (exact) mass is 366 g/mol. The molecule has 0 radical (unpaired) electrons. The quantitative estimate of drug-likeness (QED) is 0.865. The lowest BCUT2D eigenvalue weighted by atomic mass is 10.0. The third-order valence-corrected chi connectivity index (χ3v) is 4.02. The molecular formula is C14H21BrClFN2O. The Bertz CT molecular complexity index is 416. The van der Waals surface area contributed by atoms with E-state index in [4.69, 9.17) is 4.74 Å². The Labute approximate surface area is 134 Å². The number of nitrogens with one attached hydrogen (secondary N) is 1. The highest BCUT2D eigenvalue weighted by Crippen LogP contribution is 2.34. The summed E-state index contributed by atoms with van der Waals surface area (Å²) in [5.41, 5.74) is 1.07. The smallest absolute Gasteiger partial charge is 0.123 e. The average molecular weight is 368 g/mol. The van der Waals surface area contributed by atoms with E-state index >= 15 is 0 Å². The van der Waals surface area contributed by atoms with Crippen molar-refractivity contribution in [3.63, 3.8) is 0 Å². The molecule has 114 valence electrons. The zero-order chi connectivity index (χ0) is 13.7. The molecule has 0 amide bonds. The highest BCUT2D eigenvalue weighted by Gasteiger charge is 2.24. The van der Waals surface area contributed by atoms with Gasteiger partial charge in [-0.3, -0.25) is 9.29 Å². The van der Waals surface area contributed by atoms with Crippen molar-refractivity contribution in [1.82, 2.24) is 10.2 Å². The van der Waals surface area contributed by atoms with Crippen molar-refractivity contribution in [3.05, 3.63) is 28.2 Å². The number of halogens is 3. The van der Waals surface area contributed by atoms with Crippen LogP contribution in [0.15, 0.2) is 22.7 Å². The maximum absolute atomic E-state index is 12.9. The Morgan fingerprint density at radius 3 is 2.70 bits per heavy atom. The highest BCUT2D eigenvalue weighted by molar-refractivity contribution is 9.10. The highest BCUT2D eigenvalue weighted by atomic mass is 79.9. The molecule has 0 unspecified atom stereocenters. The lowest BCUT2D eigenvalue weighted by molar-refractivity contribution is 0.155. The number of hydrogen-bond donors (Lipinski definition) is 1. The van der Waals surface area contributed by atoms with Gasteiger partial charge in [0.05, 0.1) is 13.8 Å². The molecule has 1 atom stereocenters. The van der Waals surface area contributed by atoms with Crippen molar-refractivity contribution in [3.8, 4) is 5.75 Å². The Kier molecular flexibility index (Phi) is 7.80. The lowest BCUT2D eigenvalue weighted by Gasteiger charge is -2.35. The number of methoxy groups -OCH3 is 1. The summed E-state index contributed by atoms with van der Waals surface area (Å²) < 4.78 is 19.4. The van der Waals surface area contributed by atoms with Crippen LogP contribution in [0, 0.1) is 0 Å². The molecular weight excluding hydrogens is 347 g/mol. The molecule has 1 saturated heterocycles. The molecule has 0 aliphatic carbocycles. The summed E-state index contributed by atoms with van der Waals surface area (Å²) in [4.78, 5) is 2.33. The Balaban J connectivity index is 0.00000200. The summed E-state index contributed by atoms with van der Waals surface area (Å²) >= 11 is 3.49. The van der Waals surface area contributed by atoms with Gasteiger partial charge in [-0.25, -0.2) is 0 Å². The van der Waals surface area contributed by atoms with Crippen molar-refractivity contribution < 1.29 is 9.13 Å². The van der Waals surface area contributed by atoms with Crippen molar-refractivity contribution in [1.29, 1.82) is 0 Å². The zero-order valence-corrected chi connectivity index (χ0v) is 14.0. The molecule has 2 rings (SSSR count). The number of piperazine rings is 1. The fourth-order valence-corrected chi connectivity index (χ4v) is 2.98. The predicted octanol–water partition coefficient (Wildman–Crippen LogP) is 3.19. The van der Waals surface area contributed by atoms with Crippen LogP contribution in [-0.2, 0) is 0 Å². The van der Waals surface area contributed by atoms with E-state index < -0.39 is 0 Å². The average Bonchev–Trinajstić information content (AvgIpc) is 2.45. The molecule has 1 aromatic rings. The summed E-state index contributed by atoms with van der Waals surface area (Å²) in [6, 6.07) is 6.01. The molecule has 1 aliphatic rings. The second kappa shape index (κ2) is 8.82. The standard InChI is InChI=1S/C14H20BrFN2O.ClH/c1-19-14-3-2-11(15)10-12(14)13(4-5-16)18-8-6-17-7-9-18;/h2-3,10,13,17H,4-9H2,1H3;1H/t13-;/m0./s1. The molecule has 1 N–H and O–H groups in total. The minimum absolute atomic E-state index is 0. The normalized spacial score (nSPS) is 17.4. The van der Waals surface area contributed by atoms with E-state index in [9.17, 15) is 4.39 Å². The summed E-state index contributed by atoms with van der Waals surface area (Å²) in [6.07, 6.45) is 0.507. The van der Waals surface area contributed by atoms with Crippen molar-refractivity contribution in [2.75, 3.05) is 40.0 Å². The number of nitrogens with zero attached hydrogens (tertiary/aromatic N) is 1.